The van der Waals surface area contributed by atoms with Gasteiger partial charge in [-0.05, 0) is 36.1 Å². The van der Waals surface area contributed by atoms with Crippen LogP contribution < -0.4 is 4.74 Å². The molecule has 0 bridgehead atoms. The molecule has 1 aliphatic rings. The Morgan fingerprint density at radius 1 is 1.00 bits per heavy atom. The maximum atomic E-state index is 8.81. The van der Waals surface area contributed by atoms with Crippen molar-refractivity contribution >= 4 is 0 Å². The van der Waals surface area contributed by atoms with Crippen LogP contribution in [0.1, 0.15) is 30.0 Å². The van der Waals surface area contributed by atoms with Crippen LogP contribution in [0, 0.1) is 11.3 Å². The molecule has 1 saturated heterocycles. The fraction of sp³-hybridized carbons (Fsp3) is 0.435. The minimum atomic E-state index is 0.411. The van der Waals surface area contributed by atoms with Crippen LogP contribution in [0.2, 0.25) is 0 Å². The number of rotatable bonds is 8. The molecule has 1 heterocycles. The molecule has 0 aliphatic carbocycles. The summed E-state index contributed by atoms with van der Waals surface area (Å²) in [5.41, 5.74) is 2.75. The maximum absolute atomic E-state index is 8.81. The Balaban J connectivity index is 1.68. The largest absolute Gasteiger partial charge is 0.497 e. The summed E-state index contributed by atoms with van der Waals surface area (Å²) in [5, 5.41) is 8.81. The van der Waals surface area contributed by atoms with Crippen LogP contribution in [0.4, 0.5) is 0 Å². The SMILES string of the molecule is COc1ccc(C(CCc2ccccc2)N2CCN(CCC#N)CC2)cc1. The number of benzene rings is 2. The smallest absolute Gasteiger partial charge is 0.118 e. The number of aryl methyl sites for hydroxylation is 1. The summed E-state index contributed by atoms with van der Waals surface area (Å²) < 4.78 is 5.33. The van der Waals surface area contributed by atoms with E-state index in [-0.39, 0.29) is 0 Å². The van der Waals surface area contributed by atoms with Crippen molar-refractivity contribution in [3.63, 3.8) is 0 Å². The van der Waals surface area contributed by atoms with Crippen LogP contribution >= 0.6 is 0 Å². The van der Waals surface area contributed by atoms with Crippen molar-refractivity contribution in [1.29, 1.82) is 5.26 Å². The van der Waals surface area contributed by atoms with Gasteiger partial charge in [-0.25, -0.2) is 0 Å². The minimum absolute atomic E-state index is 0.411. The van der Waals surface area contributed by atoms with Crippen LogP contribution in [-0.4, -0.2) is 49.6 Å². The van der Waals surface area contributed by atoms with E-state index in [9.17, 15) is 0 Å². The molecule has 4 heteroatoms. The Morgan fingerprint density at radius 2 is 1.70 bits per heavy atom. The summed E-state index contributed by atoms with van der Waals surface area (Å²) in [6, 6.07) is 21.9. The lowest BCUT2D eigenvalue weighted by molar-refractivity contribution is 0.0931. The number of nitriles is 1. The molecule has 1 atom stereocenters. The first-order valence-corrected chi connectivity index (χ1v) is 9.81. The molecule has 0 N–H and O–H groups in total. The van der Waals surface area contributed by atoms with Crippen LogP contribution in [-0.2, 0) is 6.42 Å². The standard InChI is InChI=1S/C23H29N3O/c1-27-22-11-9-21(10-12-22)23(13-8-20-6-3-2-4-7-20)26-18-16-25(17-19-26)15-5-14-24/h2-4,6-7,9-12,23H,5,8,13,15-19H2,1H3. The van der Waals surface area contributed by atoms with E-state index in [4.69, 9.17) is 10.00 Å². The highest BCUT2D eigenvalue weighted by atomic mass is 16.5. The number of nitrogens with zero attached hydrogens (tertiary/aromatic N) is 3. The van der Waals surface area contributed by atoms with Crippen molar-refractivity contribution in [3.05, 3.63) is 65.7 Å². The first-order chi connectivity index (χ1) is 13.3. The van der Waals surface area contributed by atoms with E-state index < -0.39 is 0 Å². The molecule has 142 valence electrons. The zero-order valence-corrected chi connectivity index (χ0v) is 16.2. The number of piperazine rings is 1. The van der Waals surface area contributed by atoms with Gasteiger partial charge in [0.1, 0.15) is 5.75 Å². The van der Waals surface area contributed by atoms with E-state index in [2.05, 4.69) is 70.5 Å². The zero-order valence-electron chi connectivity index (χ0n) is 16.2. The highest BCUT2D eigenvalue weighted by Crippen LogP contribution is 2.28. The lowest BCUT2D eigenvalue weighted by Crippen LogP contribution is -2.47. The van der Waals surface area contributed by atoms with Gasteiger partial charge >= 0.3 is 0 Å². The number of ether oxygens (including phenoxy) is 1. The van der Waals surface area contributed by atoms with Crippen molar-refractivity contribution in [3.8, 4) is 11.8 Å². The first-order valence-electron chi connectivity index (χ1n) is 9.81. The van der Waals surface area contributed by atoms with Crippen LogP contribution in [0.25, 0.3) is 0 Å². The molecule has 4 nitrogen and oxygen atoms in total. The summed E-state index contributed by atoms with van der Waals surface area (Å²) in [7, 11) is 1.71. The average molecular weight is 364 g/mol. The molecule has 0 saturated carbocycles. The monoisotopic (exact) mass is 363 g/mol. The second-order valence-electron chi connectivity index (χ2n) is 7.10. The predicted octanol–water partition coefficient (Wildman–Crippen LogP) is 3.90. The molecule has 1 unspecified atom stereocenters. The van der Waals surface area contributed by atoms with E-state index in [0.29, 0.717) is 12.5 Å². The minimum Gasteiger partial charge on any atom is -0.497 e. The van der Waals surface area contributed by atoms with E-state index in [1.165, 1.54) is 11.1 Å². The van der Waals surface area contributed by atoms with Crippen LogP contribution in [0.5, 0.6) is 5.75 Å². The molecule has 1 aliphatic heterocycles. The third kappa shape index (κ3) is 5.56. The van der Waals surface area contributed by atoms with Gasteiger partial charge in [0.25, 0.3) is 0 Å². The van der Waals surface area contributed by atoms with Crippen molar-refractivity contribution in [2.45, 2.75) is 25.3 Å². The molecule has 1 fully saturated rings. The van der Waals surface area contributed by atoms with Gasteiger partial charge in [-0.1, -0.05) is 42.5 Å². The van der Waals surface area contributed by atoms with Crippen molar-refractivity contribution in [1.82, 2.24) is 9.80 Å². The lowest BCUT2D eigenvalue weighted by Gasteiger charge is -2.39. The van der Waals surface area contributed by atoms with Gasteiger partial charge in [0, 0.05) is 45.2 Å². The highest BCUT2D eigenvalue weighted by molar-refractivity contribution is 5.29. The summed E-state index contributed by atoms with van der Waals surface area (Å²) in [6.45, 7) is 5.08. The quantitative estimate of drug-likeness (QED) is 0.713. The molecule has 0 amide bonds. The molecule has 3 rings (SSSR count). The predicted molar refractivity (Wildman–Crippen MR) is 109 cm³/mol. The first kappa shape index (κ1) is 19.4. The van der Waals surface area contributed by atoms with E-state index in [1.807, 2.05) is 0 Å². The number of methoxy groups -OCH3 is 1. The summed E-state index contributed by atoms with van der Waals surface area (Å²) in [4.78, 5) is 5.01. The maximum Gasteiger partial charge on any atom is 0.118 e. The molecular weight excluding hydrogens is 334 g/mol. The Hall–Kier alpha value is -2.35. The van der Waals surface area contributed by atoms with Gasteiger partial charge in [-0.3, -0.25) is 9.80 Å². The van der Waals surface area contributed by atoms with Gasteiger partial charge in [0.05, 0.1) is 13.2 Å². The second-order valence-corrected chi connectivity index (χ2v) is 7.10. The van der Waals surface area contributed by atoms with E-state index in [0.717, 1.165) is 51.3 Å². The lowest BCUT2D eigenvalue weighted by atomic mass is 9.96. The summed E-state index contributed by atoms with van der Waals surface area (Å²) in [5.74, 6) is 0.905. The highest BCUT2D eigenvalue weighted by Gasteiger charge is 2.24. The van der Waals surface area contributed by atoms with Crippen molar-refractivity contribution in [2.75, 3.05) is 39.8 Å². The van der Waals surface area contributed by atoms with Crippen molar-refractivity contribution in [2.24, 2.45) is 0 Å². The van der Waals surface area contributed by atoms with Gasteiger partial charge in [-0.15, -0.1) is 0 Å². The van der Waals surface area contributed by atoms with Gasteiger partial charge in [0.2, 0.25) is 0 Å². The fourth-order valence-electron chi connectivity index (χ4n) is 3.84. The molecule has 2 aromatic rings. The van der Waals surface area contributed by atoms with E-state index in [1.54, 1.807) is 7.11 Å². The van der Waals surface area contributed by atoms with Crippen LogP contribution in [0.15, 0.2) is 54.6 Å². The molecular formula is C23H29N3O. The number of hydrogen-bond acceptors (Lipinski definition) is 4. The van der Waals surface area contributed by atoms with Crippen LogP contribution in [0.3, 0.4) is 0 Å². The zero-order chi connectivity index (χ0) is 18.9. The number of hydrogen-bond donors (Lipinski definition) is 0. The Kier molecular flexibility index (Phi) is 7.27. The Bertz CT molecular complexity index is 716. The van der Waals surface area contributed by atoms with Gasteiger partial charge in [0.15, 0.2) is 0 Å². The summed E-state index contributed by atoms with van der Waals surface area (Å²) >= 11 is 0. The molecule has 0 spiro atoms. The normalized spacial score (nSPS) is 16.6. The van der Waals surface area contributed by atoms with Crippen molar-refractivity contribution < 1.29 is 4.74 Å². The average Bonchev–Trinajstić information content (AvgIpc) is 2.74. The second kappa shape index (κ2) is 10.1. The molecule has 27 heavy (non-hydrogen) atoms. The van der Waals surface area contributed by atoms with Gasteiger partial charge < -0.3 is 4.74 Å². The molecule has 0 radical (unpaired) electrons. The fourth-order valence-corrected chi connectivity index (χ4v) is 3.84. The molecule has 0 aromatic heterocycles. The Morgan fingerprint density at radius 3 is 2.33 bits per heavy atom. The Labute approximate surface area is 163 Å². The third-order valence-corrected chi connectivity index (χ3v) is 5.44. The third-order valence-electron chi connectivity index (χ3n) is 5.44. The van der Waals surface area contributed by atoms with E-state index >= 15 is 0 Å². The molecule has 2 aromatic carbocycles. The topological polar surface area (TPSA) is 39.5 Å². The van der Waals surface area contributed by atoms with Gasteiger partial charge in [-0.2, -0.15) is 5.26 Å². The summed E-state index contributed by atoms with van der Waals surface area (Å²) in [6.07, 6.45) is 2.80.